The topological polar surface area (TPSA) is 81.6 Å². The monoisotopic (exact) mass is 362 g/mol. The van der Waals surface area contributed by atoms with Crippen LogP contribution in [-0.4, -0.2) is 30.3 Å². The van der Waals surface area contributed by atoms with Crippen LogP contribution in [-0.2, 0) is 11.2 Å². The van der Waals surface area contributed by atoms with Crippen LogP contribution in [0.25, 0.3) is 0 Å². The number of aliphatic carboxylic acids is 1. The minimum atomic E-state index is -1.25. The van der Waals surface area contributed by atoms with E-state index in [2.05, 4.69) is 5.32 Å². The van der Waals surface area contributed by atoms with Crippen molar-refractivity contribution < 1.29 is 19.7 Å². The van der Waals surface area contributed by atoms with E-state index in [-0.39, 0.29) is 6.04 Å². The number of aliphatic hydroxyl groups excluding tert-OH is 1. The van der Waals surface area contributed by atoms with Crippen molar-refractivity contribution in [2.75, 3.05) is 13.2 Å². The van der Waals surface area contributed by atoms with Crippen LogP contribution in [0.15, 0.2) is 48.5 Å². The highest BCUT2D eigenvalue weighted by atomic mass is 35.5. The molecule has 0 saturated heterocycles. The van der Waals surface area contributed by atoms with Gasteiger partial charge in [-0.25, -0.2) is 0 Å². The van der Waals surface area contributed by atoms with Gasteiger partial charge in [0.15, 0.2) is 0 Å². The van der Waals surface area contributed by atoms with Gasteiger partial charge in [-0.15, -0.1) is 0 Å². The Morgan fingerprint density at radius 3 is 2.64 bits per heavy atom. The molecule has 0 fully saturated rings. The molecule has 5 nitrogen and oxygen atoms in total. The van der Waals surface area contributed by atoms with Crippen molar-refractivity contribution in [1.82, 2.24) is 5.32 Å². The first kappa shape index (κ1) is 19.2. The van der Waals surface area contributed by atoms with Crippen LogP contribution in [0.4, 0.5) is 0 Å². The zero-order valence-corrected chi connectivity index (χ0v) is 14.7. The summed E-state index contributed by atoms with van der Waals surface area (Å²) in [6.07, 6.45) is 0.143. The molecule has 2 aromatic carbocycles. The molecule has 0 aliphatic heterocycles. The zero-order valence-electron chi connectivity index (χ0n) is 13.9. The molecular weight excluding hydrogens is 342 g/mol. The molecule has 0 radical (unpaired) electrons. The van der Waals surface area contributed by atoms with Crippen molar-refractivity contribution in [3.05, 3.63) is 64.7 Å². The largest absolute Gasteiger partial charge is 0.546 e. The second-order valence-corrected chi connectivity index (χ2v) is 6.33. The fourth-order valence-corrected chi connectivity index (χ4v) is 2.63. The summed E-state index contributed by atoms with van der Waals surface area (Å²) in [4.78, 5) is 10.4. The van der Waals surface area contributed by atoms with Gasteiger partial charge in [-0.2, -0.15) is 0 Å². The average Bonchev–Trinajstić information content (AvgIpc) is 2.59. The number of benzene rings is 2. The lowest BCUT2D eigenvalue weighted by Crippen LogP contribution is -2.32. The molecule has 2 aromatic rings. The Kier molecular flexibility index (Phi) is 7.25. The SMILES string of the molecule is CC(Cc1ccc(OCC(=O)[O-])cc1)NCC(O)c1cccc(Cl)c1. The molecule has 0 aromatic heterocycles. The molecule has 0 aliphatic carbocycles. The third kappa shape index (κ3) is 6.74. The molecule has 2 rings (SSSR count). The van der Waals surface area contributed by atoms with Gasteiger partial charge in [0, 0.05) is 17.6 Å². The van der Waals surface area contributed by atoms with Crippen molar-refractivity contribution >= 4 is 17.6 Å². The number of rotatable bonds is 9. The third-order valence-electron chi connectivity index (χ3n) is 3.72. The molecule has 6 heteroatoms. The first-order valence-electron chi connectivity index (χ1n) is 8.02. The Morgan fingerprint density at radius 1 is 1.28 bits per heavy atom. The average molecular weight is 363 g/mol. The van der Waals surface area contributed by atoms with Crippen LogP contribution in [0.1, 0.15) is 24.2 Å². The Labute approximate surface area is 152 Å². The van der Waals surface area contributed by atoms with Gasteiger partial charge in [0.05, 0.1) is 12.1 Å². The summed E-state index contributed by atoms with van der Waals surface area (Å²) in [7, 11) is 0. The molecule has 2 unspecified atom stereocenters. The molecule has 25 heavy (non-hydrogen) atoms. The summed E-state index contributed by atoms with van der Waals surface area (Å²) in [6, 6.07) is 14.6. The number of hydrogen-bond donors (Lipinski definition) is 2. The van der Waals surface area contributed by atoms with E-state index in [1.807, 2.05) is 31.2 Å². The fourth-order valence-electron chi connectivity index (χ4n) is 2.43. The summed E-state index contributed by atoms with van der Waals surface area (Å²) in [5.41, 5.74) is 1.86. The molecule has 0 heterocycles. The zero-order chi connectivity index (χ0) is 18.2. The number of carboxylic acids is 1. The predicted molar refractivity (Wildman–Crippen MR) is 94.5 cm³/mol. The van der Waals surface area contributed by atoms with E-state index in [9.17, 15) is 15.0 Å². The number of nitrogens with one attached hydrogen (secondary N) is 1. The number of carbonyl (C=O) groups excluding carboxylic acids is 1. The molecule has 2 N–H and O–H groups in total. The van der Waals surface area contributed by atoms with Gasteiger partial charge >= 0.3 is 0 Å². The highest BCUT2D eigenvalue weighted by Gasteiger charge is 2.10. The lowest BCUT2D eigenvalue weighted by molar-refractivity contribution is -0.307. The van der Waals surface area contributed by atoms with Crippen molar-refractivity contribution in [1.29, 1.82) is 0 Å². The standard InChI is InChI=1S/C19H22ClNO4/c1-13(21-11-18(22)15-3-2-4-16(20)10-15)9-14-5-7-17(8-6-14)25-12-19(23)24/h2-8,10,13,18,21-22H,9,11-12H2,1H3,(H,23,24)/p-1. The van der Waals surface area contributed by atoms with Crippen LogP contribution in [0.2, 0.25) is 5.02 Å². The van der Waals surface area contributed by atoms with Gasteiger partial charge in [0.2, 0.25) is 0 Å². The number of ether oxygens (including phenoxy) is 1. The maximum atomic E-state index is 10.4. The summed E-state index contributed by atoms with van der Waals surface area (Å²) in [5, 5.41) is 24.5. The van der Waals surface area contributed by atoms with Crippen molar-refractivity contribution in [2.24, 2.45) is 0 Å². The quantitative estimate of drug-likeness (QED) is 0.710. The molecule has 0 aliphatic rings. The van der Waals surface area contributed by atoms with E-state index >= 15 is 0 Å². The third-order valence-corrected chi connectivity index (χ3v) is 3.95. The Balaban J connectivity index is 1.79. The van der Waals surface area contributed by atoms with Gasteiger partial charge in [-0.3, -0.25) is 0 Å². The summed E-state index contributed by atoms with van der Waals surface area (Å²) in [5.74, 6) is -0.759. The molecular formula is C19H21ClNO4-. The number of halogens is 1. The van der Waals surface area contributed by atoms with Crippen molar-refractivity contribution in [2.45, 2.75) is 25.5 Å². The van der Waals surface area contributed by atoms with E-state index in [1.165, 1.54) is 0 Å². The van der Waals surface area contributed by atoms with Gasteiger partial charge in [0.1, 0.15) is 12.4 Å². The smallest absolute Gasteiger partial charge is 0.128 e. The molecule has 134 valence electrons. The van der Waals surface area contributed by atoms with Crippen molar-refractivity contribution in [3.63, 3.8) is 0 Å². The lowest BCUT2D eigenvalue weighted by atomic mass is 10.1. The Hall–Kier alpha value is -2.08. The summed E-state index contributed by atoms with van der Waals surface area (Å²) >= 11 is 5.93. The first-order chi connectivity index (χ1) is 11.9. The first-order valence-corrected chi connectivity index (χ1v) is 8.40. The van der Waals surface area contributed by atoms with E-state index < -0.39 is 18.7 Å². The number of carbonyl (C=O) groups is 1. The second-order valence-electron chi connectivity index (χ2n) is 5.89. The Morgan fingerprint density at radius 2 is 2.00 bits per heavy atom. The highest BCUT2D eigenvalue weighted by molar-refractivity contribution is 6.30. The van der Waals surface area contributed by atoms with Crippen LogP contribution in [0.3, 0.4) is 0 Å². The van der Waals surface area contributed by atoms with Crippen molar-refractivity contribution in [3.8, 4) is 5.75 Å². The fraction of sp³-hybridized carbons (Fsp3) is 0.316. The van der Waals surface area contributed by atoms with Crippen LogP contribution in [0, 0.1) is 0 Å². The van der Waals surface area contributed by atoms with E-state index in [0.29, 0.717) is 17.3 Å². The van der Waals surface area contributed by atoms with Gasteiger partial charge < -0.3 is 25.1 Å². The number of carboxylic acid groups (broad SMARTS) is 1. The van der Waals surface area contributed by atoms with E-state index in [0.717, 1.165) is 17.5 Å². The summed E-state index contributed by atoms with van der Waals surface area (Å²) in [6.45, 7) is 2.00. The Bertz CT molecular complexity index is 690. The molecule has 2 atom stereocenters. The maximum absolute atomic E-state index is 10.4. The molecule has 0 amide bonds. The van der Waals surface area contributed by atoms with E-state index in [1.54, 1.807) is 24.3 Å². The normalized spacial score (nSPS) is 13.2. The van der Waals surface area contributed by atoms with E-state index in [4.69, 9.17) is 16.3 Å². The lowest BCUT2D eigenvalue weighted by Gasteiger charge is -2.18. The summed E-state index contributed by atoms with van der Waals surface area (Å²) < 4.78 is 5.04. The van der Waals surface area contributed by atoms with Gasteiger partial charge in [0.25, 0.3) is 0 Å². The molecule has 0 bridgehead atoms. The second kappa shape index (κ2) is 9.42. The highest BCUT2D eigenvalue weighted by Crippen LogP contribution is 2.17. The molecule has 0 saturated carbocycles. The minimum Gasteiger partial charge on any atom is -0.546 e. The maximum Gasteiger partial charge on any atom is 0.128 e. The molecule has 0 spiro atoms. The number of hydrogen-bond acceptors (Lipinski definition) is 5. The van der Waals surface area contributed by atoms with Gasteiger partial charge in [-0.05, 0) is 48.7 Å². The van der Waals surface area contributed by atoms with Crippen LogP contribution in [0.5, 0.6) is 5.75 Å². The van der Waals surface area contributed by atoms with Crippen LogP contribution < -0.4 is 15.2 Å². The van der Waals surface area contributed by atoms with Crippen LogP contribution >= 0.6 is 11.6 Å². The minimum absolute atomic E-state index is 0.156. The predicted octanol–water partition coefficient (Wildman–Crippen LogP) is 1.72. The van der Waals surface area contributed by atoms with Gasteiger partial charge in [-0.1, -0.05) is 35.9 Å². The number of aliphatic hydroxyl groups is 1.